The van der Waals surface area contributed by atoms with E-state index in [0.29, 0.717) is 98.2 Å². The number of benzene rings is 4. The topological polar surface area (TPSA) is 225 Å². The van der Waals surface area contributed by atoms with Crippen LogP contribution in [0.5, 0.6) is 0 Å². The summed E-state index contributed by atoms with van der Waals surface area (Å²) < 4.78 is 103. The average Bonchev–Trinajstić information content (AvgIpc) is 1.58. The van der Waals surface area contributed by atoms with Crippen molar-refractivity contribution >= 4 is 32.0 Å². The number of methoxy groups -OCH3 is 2. The quantitative estimate of drug-likeness (QED) is 0.0342. The molecular formula is C109H165KN2O15S2. The van der Waals surface area contributed by atoms with Gasteiger partial charge in [-0.05, 0) is 231 Å². The third kappa shape index (κ3) is 18.9. The number of carbonyl (C=O) groups is 2. The first-order valence-electron chi connectivity index (χ1n) is 48.6. The normalized spacial score (nSPS) is 37.7. The smallest absolute Gasteiger partial charge is 0.850 e. The van der Waals surface area contributed by atoms with Crippen molar-refractivity contribution in [2.24, 2.45) is 124 Å². The van der Waals surface area contributed by atoms with Gasteiger partial charge in [0.2, 0.25) is 20.0 Å². The predicted octanol–water partition coefficient (Wildman–Crippen LogP) is 18.7. The molecular weight excluding hydrogens is 1680 g/mol. The minimum absolute atomic E-state index is 0. The molecule has 714 valence electrons. The Labute approximate surface area is 822 Å². The fraction of sp³-hybridized carbons (Fsp3) is 0.725. The van der Waals surface area contributed by atoms with Gasteiger partial charge < -0.3 is 43.4 Å². The summed E-state index contributed by atoms with van der Waals surface area (Å²) in [5.41, 5.74) is 2.63. The number of rotatable bonds is 21. The first-order valence-corrected chi connectivity index (χ1v) is 51.5. The number of nitrogens with one attached hydrogen (secondary N) is 1. The van der Waals surface area contributed by atoms with E-state index >= 15 is 0 Å². The van der Waals surface area contributed by atoms with E-state index in [2.05, 4.69) is 155 Å². The van der Waals surface area contributed by atoms with Crippen molar-refractivity contribution < 1.29 is 121 Å². The van der Waals surface area contributed by atoms with Gasteiger partial charge in [-0.25, -0.2) is 21.6 Å². The van der Waals surface area contributed by atoms with Crippen molar-refractivity contribution in [3.8, 4) is 0 Å². The first-order chi connectivity index (χ1) is 59.4. The average molecular weight is 1850 g/mol. The summed E-state index contributed by atoms with van der Waals surface area (Å²) in [5.74, 6) is 2.47. The number of ether oxygens (including phenoxy) is 7. The van der Waals surface area contributed by atoms with E-state index in [0.717, 1.165) is 99.3 Å². The number of aryl methyl sites for hydroxylation is 2. The van der Waals surface area contributed by atoms with Gasteiger partial charge in [0.05, 0.1) is 90.2 Å². The van der Waals surface area contributed by atoms with Crippen molar-refractivity contribution in [2.75, 3.05) is 53.8 Å². The Kier molecular flexibility index (Phi) is 31.5. The van der Waals surface area contributed by atoms with Crippen molar-refractivity contribution in [3.63, 3.8) is 0 Å². The number of aliphatic hydroxyl groups is 1. The van der Waals surface area contributed by atoms with Crippen molar-refractivity contribution in [1.82, 2.24) is 9.03 Å². The summed E-state index contributed by atoms with van der Waals surface area (Å²) in [6, 6.07) is 34.2. The van der Waals surface area contributed by atoms with Gasteiger partial charge in [0, 0.05) is 42.4 Å². The summed E-state index contributed by atoms with van der Waals surface area (Å²) >= 11 is 0. The van der Waals surface area contributed by atoms with E-state index < -0.39 is 42.7 Å². The molecule has 3 aliphatic heterocycles. The van der Waals surface area contributed by atoms with Gasteiger partial charge in [-0.3, -0.25) is 9.59 Å². The fourth-order valence-electron chi connectivity index (χ4n) is 27.2. The summed E-state index contributed by atoms with van der Waals surface area (Å²) in [6.45, 7) is 62.6. The molecule has 0 aromatic heterocycles. The Morgan fingerprint density at radius 3 is 1.33 bits per heavy atom. The fourth-order valence-corrected chi connectivity index (χ4v) is 30.8. The number of carbonyl (C=O) groups excluding carboxylic acids is 2. The van der Waals surface area contributed by atoms with Crippen LogP contribution in [0.3, 0.4) is 0 Å². The maximum Gasteiger partial charge on any atom is 1.00 e. The molecule has 4 aromatic rings. The largest absolute Gasteiger partial charge is 1.00 e. The molecule has 11 aliphatic rings. The number of hydrogen-bond donors (Lipinski definition) is 2. The summed E-state index contributed by atoms with van der Waals surface area (Å²) in [5, 5.41) is 21.9. The van der Waals surface area contributed by atoms with E-state index in [9.17, 15) is 36.6 Å². The number of sulfonamides is 2. The second-order valence-corrected chi connectivity index (χ2v) is 51.3. The van der Waals surface area contributed by atoms with Gasteiger partial charge in [-0.2, -0.15) is 4.31 Å². The minimum atomic E-state index is -3.84. The first kappa shape index (κ1) is 106. The molecule has 3 heterocycles. The van der Waals surface area contributed by atoms with Crippen molar-refractivity contribution in [2.45, 2.75) is 335 Å². The van der Waals surface area contributed by atoms with Crippen molar-refractivity contribution in [1.29, 1.82) is 0 Å². The molecule has 20 heteroatoms. The molecule has 0 radical (unpaired) electrons. The van der Waals surface area contributed by atoms with Gasteiger partial charge in [-0.1, -0.05) is 285 Å². The van der Waals surface area contributed by atoms with Crippen LogP contribution in [0, 0.1) is 138 Å². The van der Waals surface area contributed by atoms with Crippen LogP contribution in [0.15, 0.2) is 142 Å². The van der Waals surface area contributed by atoms with Crippen LogP contribution in [0.1, 0.15) is 279 Å². The zero-order chi connectivity index (χ0) is 94.6. The minimum Gasteiger partial charge on any atom is -0.850 e. The molecule has 0 spiro atoms. The molecule has 129 heavy (non-hydrogen) atoms. The number of esters is 2. The molecule has 17 nitrogen and oxygen atoms in total. The number of aliphatic hydroxyl groups excluding tert-OH is 1. The molecule has 8 aliphatic carbocycles. The predicted molar refractivity (Wildman–Crippen MR) is 508 cm³/mol. The maximum absolute atomic E-state index is 14.9. The Hall–Kier alpha value is -3.52. The third-order valence-corrected chi connectivity index (χ3v) is 41.7. The van der Waals surface area contributed by atoms with Gasteiger partial charge in [-0.15, -0.1) is 5.60 Å². The number of allylic oxidation sites excluding steroid dienone is 2. The van der Waals surface area contributed by atoms with Crippen LogP contribution < -0.4 is 61.2 Å². The van der Waals surface area contributed by atoms with Gasteiger partial charge in [0.25, 0.3) is 0 Å². The monoisotopic (exact) mass is 1850 g/mol. The third-order valence-electron chi connectivity index (χ3n) is 38.1. The second-order valence-electron chi connectivity index (χ2n) is 47.8. The Balaban J connectivity index is 0.000000203. The molecule has 2 N–H and O–H groups in total. The second kappa shape index (κ2) is 38.3. The van der Waals surface area contributed by atoms with Crippen LogP contribution in [-0.4, -0.2) is 133 Å². The molecule has 9 fully saturated rings. The molecule has 1 unspecified atom stereocenters. The molecule has 3 saturated heterocycles. The molecule has 6 saturated carbocycles. The van der Waals surface area contributed by atoms with Crippen LogP contribution in [0.2, 0.25) is 0 Å². The Bertz CT molecular complexity index is 4870. The zero-order valence-electron chi connectivity index (χ0n) is 84.9. The SMILES string of the molecule is CCC(C)(C)[O-].CO[C@@H]1C[C@@]23COC[C@](C)([C@@H]2CC[C@H]2C3=CC[C@@]3(C)[C@H](C(=O)OCc4ccccc4)[C@@](C)([C@H](C)C(C)C)CC[C@]23C)[C@H]1O.CO[C@@H]1C[C@@]23COC[C@](C)([C@@H]2CC[C@H]2C3=CC[C@@]3(C)[C@H](C(=O)OCc4ccccc4)[C@@](C)([C@H](C)C(C)C)CC[C@]23C)[C@H]1OC[C@](C)(NS(=O)(=O)c1ccc(C)cc1)C(C)(C)C.Cc1ccc(S(=O)(=O)N2C[C@@]2(C)C(C)(C)C)cc1.[K+]. The Morgan fingerprint density at radius 2 is 0.946 bits per heavy atom. The van der Waals surface area contributed by atoms with Gasteiger partial charge >= 0.3 is 63.3 Å². The molecule has 4 bridgehead atoms. The standard InChI is InChI=1S/C52H77NO7S.C38H56O5.C14H21NO2S.C5H11O.K/c1-34(2)36(4)47(8)27-28-49(10)39-23-24-42-48(9)31-58-33-52(42,40(39)25-26-50(49,11)43(47)45(54)59-30-37-17-15-14-16-18-37)29-41(57-13)44(48)60-32-51(12,46(5,6)7)53-61(55,56)38-21-19-35(3)20-22-38;1-24(2)25(3)34(4)18-19-36(6)27-14-15-30-35(5)22-42-23-38(30,20-29(41-8)32(35)39)28(27)16-17-37(36,7)31(34)33(40)43-21-26-12-10-9-11-13-26;1-11-6-8-12(9-7-11)18(16,17)15-10-14(15,5)13(2,3)4;1-4-5(2,3)6;/h14-22,25,34,36,39,41-44,53H,23-24,26-33H2,1-13H3;9-13,16,24-25,27,29-32,39H,14-15,17-23H2,1-8H3;6-9H,10H2,1-5H3;4H2,1-3H3;/q;;;-1;+1/t36-,39+,41-,42+,43-,44+,47-,48-,49-,50+,51+,52+;25-,27+,29-,30+,31-,32+,34-,35-,36-,37+,38+;14-,15?;;/m110../s1. The van der Waals surface area contributed by atoms with Crippen molar-refractivity contribution in [3.05, 3.63) is 155 Å². The van der Waals surface area contributed by atoms with Crippen LogP contribution in [-0.2, 0) is 76.0 Å². The molecule has 25 atom stereocenters. The number of nitrogens with zero attached hydrogens (tertiary/aromatic N) is 1. The molecule has 0 amide bonds. The van der Waals surface area contributed by atoms with E-state index in [1.165, 1.54) is 5.57 Å². The van der Waals surface area contributed by atoms with Crippen LogP contribution in [0.25, 0.3) is 0 Å². The van der Waals surface area contributed by atoms with E-state index in [4.69, 9.17) is 33.2 Å². The molecule has 15 rings (SSSR count). The number of hydrogen-bond acceptors (Lipinski definition) is 15. The molecule has 4 aromatic carbocycles. The maximum atomic E-state index is 14.9. The zero-order valence-corrected chi connectivity index (χ0v) is 89.7. The van der Waals surface area contributed by atoms with E-state index in [-0.39, 0.29) is 177 Å². The van der Waals surface area contributed by atoms with Crippen LogP contribution in [0.4, 0.5) is 0 Å². The number of fused-ring (bicyclic) bond motifs is 6. The summed E-state index contributed by atoms with van der Waals surface area (Å²) in [7, 11) is -3.62. The summed E-state index contributed by atoms with van der Waals surface area (Å²) in [6.07, 6.45) is 16.3. The van der Waals surface area contributed by atoms with Gasteiger partial charge in [0.1, 0.15) is 13.2 Å². The van der Waals surface area contributed by atoms with E-state index in [1.54, 1.807) is 62.2 Å². The summed E-state index contributed by atoms with van der Waals surface area (Å²) in [4.78, 5) is 30.0. The van der Waals surface area contributed by atoms with Gasteiger partial charge in [0.15, 0.2) is 0 Å². The Morgan fingerprint density at radius 1 is 0.550 bits per heavy atom. The van der Waals surface area contributed by atoms with E-state index in [1.807, 2.05) is 120 Å². The van der Waals surface area contributed by atoms with Crippen LogP contribution >= 0.6 is 0 Å².